The Morgan fingerprint density at radius 1 is 1.15 bits per heavy atom. The number of allylic oxidation sites excluding steroid dienone is 2. The van der Waals surface area contributed by atoms with E-state index in [0.29, 0.717) is 22.5 Å². The van der Waals surface area contributed by atoms with Crippen LogP contribution in [0.4, 0.5) is 0 Å². The molecule has 20 heavy (non-hydrogen) atoms. The van der Waals surface area contributed by atoms with E-state index in [2.05, 4.69) is 19.9 Å². The van der Waals surface area contributed by atoms with E-state index in [4.69, 9.17) is 0 Å². The summed E-state index contributed by atoms with van der Waals surface area (Å²) in [5.74, 6) is 2.97. The number of rotatable bonds is 0. The normalized spacial score (nSPS) is 51.0. The lowest BCUT2D eigenvalue weighted by Crippen LogP contribution is -2.47. The first-order valence-electron chi connectivity index (χ1n) is 8.75. The first kappa shape index (κ1) is 13.1. The molecule has 0 aliphatic heterocycles. The van der Waals surface area contributed by atoms with E-state index < -0.39 is 0 Å². The second kappa shape index (κ2) is 4.21. The molecule has 4 aliphatic rings. The molecule has 5 atom stereocenters. The number of ketones is 1. The van der Waals surface area contributed by atoms with Gasteiger partial charge in [0.2, 0.25) is 0 Å². The molecule has 0 radical (unpaired) electrons. The first-order valence-corrected chi connectivity index (χ1v) is 8.75. The third kappa shape index (κ3) is 1.64. The number of Topliss-reactive ketones (excluding diaryl/α,β-unsaturated/α-hetero) is 1. The zero-order valence-electron chi connectivity index (χ0n) is 13.1. The van der Waals surface area contributed by atoms with Crippen LogP contribution in [-0.4, -0.2) is 5.78 Å². The van der Waals surface area contributed by atoms with Crippen molar-refractivity contribution in [3.05, 3.63) is 11.6 Å². The summed E-state index contributed by atoms with van der Waals surface area (Å²) in [5, 5.41) is 0. The number of fused-ring (bicyclic) bond motifs is 5. The van der Waals surface area contributed by atoms with Crippen LogP contribution < -0.4 is 0 Å². The molecule has 0 aromatic rings. The van der Waals surface area contributed by atoms with Crippen molar-refractivity contribution in [2.45, 2.75) is 71.6 Å². The summed E-state index contributed by atoms with van der Waals surface area (Å²) >= 11 is 0. The lowest BCUT2D eigenvalue weighted by Gasteiger charge is -2.55. The maximum Gasteiger partial charge on any atom is 0.133 e. The highest BCUT2D eigenvalue weighted by atomic mass is 16.1. The van der Waals surface area contributed by atoms with Crippen LogP contribution >= 0.6 is 0 Å². The zero-order valence-corrected chi connectivity index (χ0v) is 13.1. The van der Waals surface area contributed by atoms with E-state index >= 15 is 0 Å². The van der Waals surface area contributed by atoms with Crippen molar-refractivity contribution in [1.82, 2.24) is 0 Å². The molecule has 0 amide bonds. The molecule has 110 valence electrons. The van der Waals surface area contributed by atoms with Crippen molar-refractivity contribution in [2.24, 2.45) is 28.6 Å². The van der Waals surface area contributed by atoms with Gasteiger partial charge in [0.05, 0.1) is 0 Å². The van der Waals surface area contributed by atoms with Crippen molar-refractivity contribution < 1.29 is 4.79 Å². The van der Waals surface area contributed by atoms with Crippen LogP contribution in [0.25, 0.3) is 0 Å². The Hall–Kier alpha value is -0.590. The van der Waals surface area contributed by atoms with Crippen molar-refractivity contribution in [3.8, 4) is 0 Å². The van der Waals surface area contributed by atoms with Crippen LogP contribution in [0, 0.1) is 28.6 Å². The predicted molar refractivity (Wildman–Crippen MR) is 81.3 cm³/mol. The van der Waals surface area contributed by atoms with Crippen molar-refractivity contribution in [3.63, 3.8) is 0 Å². The van der Waals surface area contributed by atoms with Crippen LogP contribution in [0.2, 0.25) is 0 Å². The summed E-state index contributed by atoms with van der Waals surface area (Å²) in [6, 6.07) is 0. The standard InChI is InChI=1S/C19H28O/c1-18-9-3-4-16(18)15-6-5-13-12-14(20)7-11-19(13,2)17(15)8-10-18/h8,13,15-16H,3-7,9-12H2,1-2H3. The molecule has 1 nitrogen and oxygen atoms in total. The minimum Gasteiger partial charge on any atom is -0.300 e. The highest BCUT2D eigenvalue weighted by Crippen LogP contribution is 2.63. The molecular weight excluding hydrogens is 244 g/mol. The van der Waals surface area contributed by atoms with Gasteiger partial charge in [-0.15, -0.1) is 0 Å². The zero-order chi connectivity index (χ0) is 14.0. The van der Waals surface area contributed by atoms with Gasteiger partial charge in [0.25, 0.3) is 0 Å². The summed E-state index contributed by atoms with van der Waals surface area (Å²) in [4.78, 5) is 11.8. The molecule has 5 unspecified atom stereocenters. The lowest BCUT2D eigenvalue weighted by molar-refractivity contribution is -0.125. The minimum absolute atomic E-state index is 0.362. The molecule has 0 aromatic carbocycles. The maximum atomic E-state index is 11.8. The van der Waals surface area contributed by atoms with Crippen LogP contribution in [0.15, 0.2) is 11.6 Å². The van der Waals surface area contributed by atoms with Crippen LogP contribution in [0.3, 0.4) is 0 Å². The third-order valence-corrected chi connectivity index (χ3v) is 7.62. The van der Waals surface area contributed by atoms with Crippen LogP contribution in [0.1, 0.15) is 71.6 Å². The minimum atomic E-state index is 0.362. The van der Waals surface area contributed by atoms with E-state index in [1.54, 1.807) is 5.57 Å². The molecule has 1 heteroatoms. The molecule has 0 N–H and O–H groups in total. The topological polar surface area (TPSA) is 17.1 Å². The fourth-order valence-corrected chi connectivity index (χ4v) is 6.31. The largest absolute Gasteiger partial charge is 0.300 e. The average molecular weight is 272 g/mol. The van der Waals surface area contributed by atoms with Gasteiger partial charge in [-0.05, 0) is 67.1 Å². The van der Waals surface area contributed by atoms with E-state index in [9.17, 15) is 4.79 Å². The fraction of sp³-hybridized carbons (Fsp3) is 0.842. The van der Waals surface area contributed by atoms with Crippen LogP contribution in [-0.2, 0) is 4.79 Å². The fourth-order valence-electron chi connectivity index (χ4n) is 6.31. The van der Waals surface area contributed by atoms with Crippen molar-refractivity contribution >= 4 is 5.78 Å². The Kier molecular flexibility index (Phi) is 2.76. The van der Waals surface area contributed by atoms with Gasteiger partial charge in [0.1, 0.15) is 5.78 Å². The highest BCUT2D eigenvalue weighted by Gasteiger charge is 2.54. The molecule has 0 spiro atoms. The highest BCUT2D eigenvalue weighted by molar-refractivity contribution is 5.80. The van der Waals surface area contributed by atoms with Gasteiger partial charge in [-0.3, -0.25) is 4.79 Å². The van der Waals surface area contributed by atoms with E-state index in [1.165, 1.54) is 38.5 Å². The molecule has 0 aromatic heterocycles. The van der Waals surface area contributed by atoms with Crippen molar-refractivity contribution in [1.29, 1.82) is 0 Å². The summed E-state index contributed by atoms with van der Waals surface area (Å²) < 4.78 is 0. The van der Waals surface area contributed by atoms with Gasteiger partial charge >= 0.3 is 0 Å². The Bertz CT molecular complexity index is 476. The first-order chi connectivity index (χ1) is 9.53. The molecule has 4 aliphatic carbocycles. The molecule has 3 saturated carbocycles. The van der Waals surface area contributed by atoms with Gasteiger partial charge in [-0.25, -0.2) is 0 Å². The smallest absolute Gasteiger partial charge is 0.133 e. The van der Waals surface area contributed by atoms with E-state index in [-0.39, 0.29) is 0 Å². The van der Waals surface area contributed by atoms with Gasteiger partial charge in [0.15, 0.2) is 0 Å². The average Bonchev–Trinajstić information content (AvgIpc) is 2.81. The summed E-state index contributed by atoms with van der Waals surface area (Å²) in [7, 11) is 0. The molecule has 0 bridgehead atoms. The third-order valence-electron chi connectivity index (χ3n) is 7.62. The monoisotopic (exact) mass is 272 g/mol. The second-order valence-electron chi connectivity index (χ2n) is 8.56. The Morgan fingerprint density at radius 3 is 2.85 bits per heavy atom. The predicted octanol–water partition coefficient (Wildman–Crippen LogP) is 4.91. The summed E-state index contributed by atoms with van der Waals surface area (Å²) in [6.07, 6.45) is 13.8. The molecular formula is C19H28O. The van der Waals surface area contributed by atoms with Gasteiger partial charge < -0.3 is 0 Å². The summed E-state index contributed by atoms with van der Waals surface area (Å²) in [5.41, 5.74) is 2.74. The molecule has 3 fully saturated rings. The Morgan fingerprint density at radius 2 is 2.00 bits per heavy atom. The Labute approximate surface area is 123 Å². The quantitative estimate of drug-likeness (QED) is 0.573. The number of hydrogen-bond donors (Lipinski definition) is 0. The number of hydrogen-bond acceptors (Lipinski definition) is 1. The van der Waals surface area contributed by atoms with Gasteiger partial charge in [-0.1, -0.05) is 31.9 Å². The maximum absolute atomic E-state index is 11.8. The second-order valence-corrected chi connectivity index (χ2v) is 8.56. The van der Waals surface area contributed by atoms with E-state index in [1.807, 2.05) is 0 Å². The SMILES string of the molecule is CC12CC=C3C(CCC4CC(=O)CCC34C)C1CCC2. The van der Waals surface area contributed by atoms with Gasteiger partial charge in [-0.2, -0.15) is 0 Å². The Balaban J connectivity index is 1.71. The van der Waals surface area contributed by atoms with E-state index in [0.717, 1.165) is 31.1 Å². The molecule has 4 rings (SSSR count). The number of carbonyl (C=O) groups is 1. The summed E-state index contributed by atoms with van der Waals surface area (Å²) in [6.45, 7) is 5.02. The van der Waals surface area contributed by atoms with Crippen LogP contribution in [0.5, 0.6) is 0 Å². The van der Waals surface area contributed by atoms with Crippen molar-refractivity contribution in [2.75, 3.05) is 0 Å². The van der Waals surface area contributed by atoms with Gasteiger partial charge in [0, 0.05) is 12.8 Å². The lowest BCUT2D eigenvalue weighted by atomic mass is 9.49. The molecule has 0 saturated heterocycles. The number of carbonyl (C=O) groups excluding carboxylic acids is 1. The molecule has 0 heterocycles.